The summed E-state index contributed by atoms with van der Waals surface area (Å²) in [5.41, 5.74) is 6.99. The average Bonchev–Trinajstić information content (AvgIpc) is 3.51. The average molecular weight is 455 g/mol. The van der Waals surface area contributed by atoms with Crippen molar-refractivity contribution in [3.8, 4) is 11.1 Å². The van der Waals surface area contributed by atoms with E-state index in [1.165, 1.54) is 5.56 Å². The van der Waals surface area contributed by atoms with E-state index in [0.717, 1.165) is 52.9 Å². The van der Waals surface area contributed by atoms with Crippen molar-refractivity contribution in [2.45, 2.75) is 32.2 Å². The van der Waals surface area contributed by atoms with Crippen molar-refractivity contribution in [1.29, 1.82) is 0 Å². The molecule has 0 spiro atoms. The number of urea groups is 1. The third-order valence-corrected chi connectivity index (χ3v) is 6.53. The van der Waals surface area contributed by atoms with Crippen LogP contribution < -0.4 is 10.2 Å². The summed E-state index contributed by atoms with van der Waals surface area (Å²) < 4.78 is 6.11. The Morgan fingerprint density at radius 2 is 1.79 bits per heavy atom. The molecule has 1 aliphatic heterocycles. The number of oxazole rings is 1. The van der Waals surface area contributed by atoms with E-state index in [9.17, 15) is 4.79 Å². The second kappa shape index (κ2) is 9.21. The number of nitrogens with one attached hydrogen (secondary N) is 1. The molecule has 2 amide bonds. The molecular weight excluding hydrogens is 424 g/mol. The van der Waals surface area contributed by atoms with E-state index in [1.54, 1.807) is 0 Å². The van der Waals surface area contributed by atoms with Crippen LogP contribution in [0.5, 0.6) is 0 Å². The molecular formula is C28H30N4O2. The van der Waals surface area contributed by atoms with Crippen LogP contribution in [-0.4, -0.2) is 36.6 Å². The fourth-order valence-electron chi connectivity index (χ4n) is 4.50. The highest BCUT2D eigenvalue weighted by Crippen LogP contribution is 2.35. The number of aromatic nitrogens is 1. The molecule has 174 valence electrons. The van der Waals surface area contributed by atoms with Gasteiger partial charge >= 0.3 is 6.03 Å². The number of amides is 2. The lowest BCUT2D eigenvalue weighted by Gasteiger charge is -2.22. The topological polar surface area (TPSA) is 61.6 Å². The van der Waals surface area contributed by atoms with Crippen molar-refractivity contribution in [1.82, 2.24) is 9.88 Å². The zero-order valence-electron chi connectivity index (χ0n) is 19.9. The number of fused-ring (bicyclic) bond motifs is 1. The first kappa shape index (κ1) is 22.0. The van der Waals surface area contributed by atoms with Crippen LogP contribution in [-0.2, 0) is 6.42 Å². The van der Waals surface area contributed by atoms with Crippen molar-refractivity contribution in [3.63, 3.8) is 0 Å². The number of benzene rings is 3. The SMILES string of the molecule is CCc1ccc(NC(=O)N2CCC[C@@H]2c2nc3cc(-c4ccc(N(C)C)cc4)ccc3o2)cc1. The van der Waals surface area contributed by atoms with Gasteiger partial charge in [0.05, 0.1) is 0 Å². The van der Waals surface area contributed by atoms with Gasteiger partial charge in [-0.3, -0.25) is 0 Å². The first-order valence-corrected chi connectivity index (χ1v) is 11.9. The largest absolute Gasteiger partial charge is 0.438 e. The number of anilines is 2. The Balaban J connectivity index is 1.35. The van der Waals surface area contributed by atoms with Gasteiger partial charge in [-0.15, -0.1) is 0 Å². The molecule has 0 bridgehead atoms. The number of hydrogen-bond acceptors (Lipinski definition) is 4. The molecule has 0 aliphatic carbocycles. The number of likely N-dealkylation sites (tertiary alicyclic amines) is 1. The van der Waals surface area contributed by atoms with Crippen LogP contribution in [0, 0.1) is 0 Å². The Kier molecular flexibility index (Phi) is 5.97. The number of carbonyl (C=O) groups is 1. The Hall–Kier alpha value is -3.80. The van der Waals surface area contributed by atoms with Crippen LogP contribution in [0.25, 0.3) is 22.2 Å². The van der Waals surface area contributed by atoms with Gasteiger partial charge in [0, 0.05) is 32.0 Å². The lowest BCUT2D eigenvalue weighted by molar-refractivity contribution is 0.199. The fourth-order valence-corrected chi connectivity index (χ4v) is 4.50. The zero-order chi connectivity index (χ0) is 23.7. The van der Waals surface area contributed by atoms with Crippen LogP contribution >= 0.6 is 0 Å². The molecule has 2 heterocycles. The van der Waals surface area contributed by atoms with E-state index in [-0.39, 0.29) is 12.1 Å². The van der Waals surface area contributed by atoms with Gasteiger partial charge in [-0.1, -0.05) is 37.3 Å². The summed E-state index contributed by atoms with van der Waals surface area (Å²) in [5, 5.41) is 3.03. The summed E-state index contributed by atoms with van der Waals surface area (Å²) in [4.78, 5) is 21.7. The third kappa shape index (κ3) is 4.36. The smallest absolute Gasteiger partial charge is 0.322 e. The summed E-state index contributed by atoms with van der Waals surface area (Å²) >= 11 is 0. The molecule has 1 aromatic heterocycles. The van der Waals surface area contributed by atoms with Crippen molar-refractivity contribution >= 4 is 28.5 Å². The molecule has 0 radical (unpaired) electrons. The normalized spacial score (nSPS) is 15.6. The molecule has 1 aliphatic rings. The Labute approximate surface area is 200 Å². The molecule has 6 heteroatoms. The van der Waals surface area contributed by atoms with Crippen LogP contribution in [0.3, 0.4) is 0 Å². The van der Waals surface area contributed by atoms with Crippen molar-refractivity contribution in [2.75, 3.05) is 30.9 Å². The first-order valence-electron chi connectivity index (χ1n) is 11.9. The number of nitrogens with zero attached hydrogens (tertiary/aromatic N) is 3. The minimum absolute atomic E-state index is 0.115. The zero-order valence-corrected chi connectivity index (χ0v) is 19.9. The van der Waals surface area contributed by atoms with Gasteiger partial charge in [-0.25, -0.2) is 9.78 Å². The molecule has 34 heavy (non-hydrogen) atoms. The van der Waals surface area contributed by atoms with Gasteiger partial charge in [0.25, 0.3) is 0 Å². The molecule has 0 unspecified atom stereocenters. The summed E-state index contributed by atoms with van der Waals surface area (Å²) in [6.07, 6.45) is 2.74. The second-order valence-corrected chi connectivity index (χ2v) is 9.01. The molecule has 1 N–H and O–H groups in total. The van der Waals surface area contributed by atoms with E-state index in [2.05, 4.69) is 53.5 Å². The second-order valence-electron chi connectivity index (χ2n) is 9.01. The van der Waals surface area contributed by atoms with Gasteiger partial charge in [0.2, 0.25) is 5.89 Å². The van der Waals surface area contributed by atoms with Gasteiger partial charge < -0.3 is 19.5 Å². The minimum Gasteiger partial charge on any atom is -0.438 e. The Morgan fingerprint density at radius 1 is 1.06 bits per heavy atom. The van der Waals surface area contributed by atoms with Crippen molar-refractivity contribution in [3.05, 3.63) is 78.2 Å². The molecule has 1 atom stereocenters. The van der Waals surface area contributed by atoms with E-state index >= 15 is 0 Å². The van der Waals surface area contributed by atoms with Crippen LogP contribution in [0.15, 0.2) is 71.1 Å². The maximum Gasteiger partial charge on any atom is 0.322 e. The highest BCUT2D eigenvalue weighted by Gasteiger charge is 2.33. The third-order valence-electron chi connectivity index (χ3n) is 6.53. The van der Waals surface area contributed by atoms with Gasteiger partial charge in [-0.05, 0) is 72.4 Å². The van der Waals surface area contributed by atoms with E-state index < -0.39 is 0 Å². The molecule has 3 aromatic carbocycles. The Bertz CT molecular complexity index is 1290. The quantitative estimate of drug-likeness (QED) is 0.374. The minimum atomic E-state index is -0.162. The molecule has 6 nitrogen and oxygen atoms in total. The number of rotatable bonds is 5. The van der Waals surface area contributed by atoms with Gasteiger partial charge in [-0.2, -0.15) is 0 Å². The van der Waals surface area contributed by atoms with Crippen LogP contribution in [0.4, 0.5) is 16.2 Å². The van der Waals surface area contributed by atoms with Crippen molar-refractivity contribution < 1.29 is 9.21 Å². The lowest BCUT2D eigenvalue weighted by Crippen LogP contribution is -2.34. The molecule has 4 aromatic rings. The molecule has 5 rings (SSSR count). The number of carbonyl (C=O) groups excluding carboxylic acids is 1. The maximum atomic E-state index is 13.0. The molecule has 1 saturated heterocycles. The lowest BCUT2D eigenvalue weighted by atomic mass is 10.0. The Morgan fingerprint density at radius 3 is 2.50 bits per heavy atom. The van der Waals surface area contributed by atoms with E-state index in [4.69, 9.17) is 9.40 Å². The molecule has 0 saturated carbocycles. The standard InChI is InChI=1S/C28H30N4O2/c1-4-19-7-12-22(13-8-19)29-28(33)32-17-5-6-25(32)27-30-24-18-21(11-16-26(24)34-27)20-9-14-23(15-10-20)31(2)3/h7-16,18,25H,4-6,17H2,1-3H3,(H,29,33)/t25-/m1/s1. The van der Waals surface area contributed by atoms with Crippen molar-refractivity contribution in [2.24, 2.45) is 0 Å². The predicted molar refractivity (Wildman–Crippen MR) is 137 cm³/mol. The van der Waals surface area contributed by atoms with Gasteiger partial charge in [0.1, 0.15) is 11.6 Å². The monoisotopic (exact) mass is 454 g/mol. The summed E-state index contributed by atoms with van der Waals surface area (Å²) in [7, 11) is 4.07. The fraction of sp³-hybridized carbons (Fsp3) is 0.286. The highest BCUT2D eigenvalue weighted by atomic mass is 16.4. The van der Waals surface area contributed by atoms with E-state index in [0.29, 0.717) is 12.4 Å². The first-order chi connectivity index (χ1) is 16.5. The van der Waals surface area contributed by atoms with E-state index in [1.807, 2.05) is 49.3 Å². The summed E-state index contributed by atoms with van der Waals surface area (Å²) in [5.74, 6) is 0.601. The van der Waals surface area contributed by atoms with Crippen LogP contribution in [0.2, 0.25) is 0 Å². The number of hydrogen-bond donors (Lipinski definition) is 1. The van der Waals surface area contributed by atoms with Gasteiger partial charge in [0.15, 0.2) is 5.58 Å². The highest BCUT2D eigenvalue weighted by molar-refractivity contribution is 5.90. The summed E-state index contributed by atoms with van der Waals surface area (Å²) in [6.45, 7) is 2.80. The predicted octanol–water partition coefficient (Wildman–Crippen LogP) is 6.49. The van der Waals surface area contributed by atoms with Crippen LogP contribution in [0.1, 0.15) is 37.3 Å². The number of aryl methyl sites for hydroxylation is 1. The summed E-state index contributed by atoms with van der Waals surface area (Å²) in [6, 6.07) is 22.3. The maximum absolute atomic E-state index is 13.0. The molecule has 1 fully saturated rings.